The first-order chi connectivity index (χ1) is 13.0. The van der Waals surface area contributed by atoms with Gasteiger partial charge < -0.3 is 0 Å². The van der Waals surface area contributed by atoms with Crippen LogP contribution in [0.5, 0.6) is 0 Å². The van der Waals surface area contributed by atoms with Gasteiger partial charge in [-0.05, 0) is 51.9 Å². The van der Waals surface area contributed by atoms with Crippen LogP contribution in [0.1, 0.15) is 64.5 Å². The summed E-state index contributed by atoms with van der Waals surface area (Å²) >= 11 is 3.18. The van der Waals surface area contributed by atoms with Gasteiger partial charge in [-0.3, -0.25) is 0 Å². The third-order valence-electron chi connectivity index (χ3n) is 4.24. The summed E-state index contributed by atoms with van der Waals surface area (Å²) in [6.07, 6.45) is 0. The summed E-state index contributed by atoms with van der Waals surface area (Å²) in [6.45, 7) is 12.7. The Morgan fingerprint density at radius 3 is 2.22 bits per heavy atom. The summed E-state index contributed by atoms with van der Waals surface area (Å²) in [5.41, 5.74) is 5.10. The largest absolute Gasteiger partial charge is 0.244 e. The van der Waals surface area contributed by atoms with Crippen LogP contribution in [-0.4, -0.2) is 4.98 Å². The second-order valence-electron chi connectivity index (χ2n) is 6.66. The molecule has 2 aromatic carbocycles. The SMILES string of the molecule is CC.CC(C)c1ccc(F)c2scnc12.CC(C)c1cccc2sccc12. The van der Waals surface area contributed by atoms with Crippen molar-refractivity contribution in [1.82, 2.24) is 4.98 Å². The normalized spacial score (nSPS) is 10.7. The highest BCUT2D eigenvalue weighted by atomic mass is 32.1. The molecule has 2 aromatic heterocycles. The smallest absolute Gasteiger partial charge is 0.142 e. The molecule has 0 aliphatic rings. The van der Waals surface area contributed by atoms with Gasteiger partial charge in [0.25, 0.3) is 0 Å². The molecule has 0 unspecified atom stereocenters. The third kappa shape index (κ3) is 4.94. The van der Waals surface area contributed by atoms with Crippen molar-refractivity contribution in [1.29, 1.82) is 0 Å². The quantitative estimate of drug-likeness (QED) is 0.327. The van der Waals surface area contributed by atoms with Gasteiger partial charge in [0.2, 0.25) is 0 Å². The van der Waals surface area contributed by atoms with E-state index in [2.05, 4.69) is 62.3 Å². The molecule has 0 amide bonds. The standard InChI is InChI=1S/C11H12S.C10H10FNS.C2H6/c1-8(2)9-4-3-5-11-10(9)6-7-12-11;1-6(2)7-3-4-8(11)10-9(7)12-5-13-10;1-2/h3-8H,1-2H3;3-6H,1-2H3;1-2H3. The Bertz CT molecular complexity index is 982. The van der Waals surface area contributed by atoms with Crippen molar-refractivity contribution in [3.63, 3.8) is 0 Å². The zero-order valence-corrected chi connectivity index (χ0v) is 18.5. The third-order valence-corrected chi connectivity index (χ3v) is 5.96. The molecule has 0 atom stereocenters. The Labute approximate surface area is 169 Å². The van der Waals surface area contributed by atoms with E-state index in [9.17, 15) is 4.39 Å². The van der Waals surface area contributed by atoms with Gasteiger partial charge in [0.15, 0.2) is 0 Å². The number of nitrogens with zero attached hydrogens (tertiary/aromatic N) is 1. The Hall–Kier alpha value is -1.78. The van der Waals surface area contributed by atoms with Gasteiger partial charge in [0.05, 0.1) is 15.7 Å². The summed E-state index contributed by atoms with van der Waals surface area (Å²) < 4.78 is 15.3. The lowest BCUT2D eigenvalue weighted by Crippen LogP contribution is -1.89. The van der Waals surface area contributed by atoms with E-state index in [1.165, 1.54) is 33.1 Å². The number of hydrogen-bond acceptors (Lipinski definition) is 3. The molecule has 0 N–H and O–H groups in total. The average molecular weight is 402 g/mol. The summed E-state index contributed by atoms with van der Waals surface area (Å²) in [6, 6.07) is 12.1. The molecule has 0 aliphatic carbocycles. The molecule has 0 saturated carbocycles. The Morgan fingerprint density at radius 1 is 0.852 bits per heavy atom. The molecule has 4 rings (SSSR count). The number of rotatable bonds is 2. The highest BCUT2D eigenvalue weighted by molar-refractivity contribution is 7.17. The molecule has 27 heavy (non-hydrogen) atoms. The average Bonchev–Trinajstić information content (AvgIpc) is 3.33. The minimum absolute atomic E-state index is 0.165. The maximum Gasteiger partial charge on any atom is 0.142 e. The molecule has 0 fully saturated rings. The van der Waals surface area contributed by atoms with Crippen LogP contribution in [0.3, 0.4) is 0 Å². The molecule has 1 nitrogen and oxygen atoms in total. The van der Waals surface area contributed by atoms with Crippen molar-refractivity contribution in [2.24, 2.45) is 0 Å². The van der Waals surface area contributed by atoms with Crippen LogP contribution in [0, 0.1) is 5.82 Å². The van der Waals surface area contributed by atoms with E-state index in [0.717, 1.165) is 11.1 Å². The van der Waals surface area contributed by atoms with Crippen LogP contribution >= 0.6 is 22.7 Å². The number of thiophene rings is 1. The fourth-order valence-corrected chi connectivity index (χ4v) is 4.47. The number of benzene rings is 2. The van der Waals surface area contributed by atoms with E-state index < -0.39 is 0 Å². The maximum atomic E-state index is 13.2. The van der Waals surface area contributed by atoms with E-state index in [1.54, 1.807) is 5.51 Å². The van der Waals surface area contributed by atoms with E-state index in [-0.39, 0.29) is 5.82 Å². The van der Waals surface area contributed by atoms with Gasteiger partial charge in [-0.1, -0.05) is 59.7 Å². The number of fused-ring (bicyclic) bond motifs is 2. The highest BCUT2D eigenvalue weighted by Crippen LogP contribution is 2.29. The van der Waals surface area contributed by atoms with E-state index >= 15 is 0 Å². The molecule has 0 aliphatic heterocycles. The second kappa shape index (κ2) is 9.95. The number of hydrogen-bond donors (Lipinski definition) is 0. The Balaban J connectivity index is 0.000000178. The van der Waals surface area contributed by atoms with Gasteiger partial charge in [0.1, 0.15) is 5.82 Å². The van der Waals surface area contributed by atoms with E-state index in [1.807, 2.05) is 31.3 Å². The molecule has 2 heterocycles. The van der Waals surface area contributed by atoms with Gasteiger partial charge in [-0.25, -0.2) is 9.37 Å². The second-order valence-corrected chi connectivity index (χ2v) is 8.46. The minimum Gasteiger partial charge on any atom is -0.244 e. The van der Waals surface area contributed by atoms with Crippen molar-refractivity contribution < 1.29 is 4.39 Å². The first-order valence-electron chi connectivity index (χ1n) is 9.46. The fourth-order valence-electron chi connectivity index (χ4n) is 2.93. The lowest BCUT2D eigenvalue weighted by molar-refractivity contribution is 0.640. The molecular weight excluding hydrogens is 373 g/mol. The Kier molecular flexibility index (Phi) is 7.93. The lowest BCUT2D eigenvalue weighted by atomic mass is 10.00. The Morgan fingerprint density at radius 2 is 1.56 bits per heavy atom. The number of thiazole rings is 1. The molecule has 4 aromatic rings. The highest BCUT2D eigenvalue weighted by Gasteiger charge is 2.10. The van der Waals surface area contributed by atoms with Crippen LogP contribution in [0.25, 0.3) is 20.3 Å². The van der Waals surface area contributed by atoms with Gasteiger partial charge in [-0.15, -0.1) is 22.7 Å². The monoisotopic (exact) mass is 401 g/mol. The lowest BCUT2D eigenvalue weighted by Gasteiger charge is -2.05. The molecule has 0 bridgehead atoms. The molecule has 4 heteroatoms. The number of aromatic nitrogens is 1. The van der Waals surface area contributed by atoms with Crippen LogP contribution < -0.4 is 0 Å². The molecule has 144 valence electrons. The first kappa shape index (κ1) is 21.5. The van der Waals surface area contributed by atoms with Crippen LogP contribution in [-0.2, 0) is 0 Å². The summed E-state index contributed by atoms with van der Waals surface area (Å²) in [4.78, 5) is 4.18. The molecule has 0 saturated heterocycles. The van der Waals surface area contributed by atoms with Crippen molar-refractivity contribution in [3.8, 4) is 0 Å². The predicted octanol–water partition coefficient (Wildman–Crippen LogP) is 8.61. The van der Waals surface area contributed by atoms with Gasteiger partial charge in [-0.2, -0.15) is 0 Å². The maximum absolute atomic E-state index is 13.2. The van der Waals surface area contributed by atoms with Crippen LogP contribution in [0.2, 0.25) is 0 Å². The van der Waals surface area contributed by atoms with Crippen LogP contribution in [0.15, 0.2) is 47.3 Å². The topological polar surface area (TPSA) is 12.9 Å². The van der Waals surface area contributed by atoms with E-state index in [4.69, 9.17) is 0 Å². The summed E-state index contributed by atoms with van der Waals surface area (Å²) in [5.74, 6) is 0.857. The zero-order chi connectivity index (χ0) is 20.0. The fraction of sp³-hybridized carbons (Fsp3) is 0.348. The molecular formula is C23H28FNS2. The van der Waals surface area contributed by atoms with Crippen molar-refractivity contribution in [2.45, 2.75) is 53.4 Å². The van der Waals surface area contributed by atoms with Crippen molar-refractivity contribution in [3.05, 3.63) is 64.2 Å². The van der Waals surface area contributed by atoms with Gasteiger partial charge >= 0.3 is 0 Å². The van der Waals surface area contributed by atoms with Crippen molar-refractivity contribution in [2.75, 3.05) is 0 Å². The van der Waals surface area contributed by atoms with Crippen molar-refractivity contribution >= 4 is 43.0 Å². The van der Waals surface area contributed by atoms with Crippen LogP contribution in [0.4, 0.5) is 4.39 Å². The molecule has 0 spiro atoms. The minimum atomic E-state index is -0.165. The summed E-state index contributed by atoms with van der Waals surface area (Å²) in [7, 11) is 0. The zero-order valence-electron chi connectivity index (χ0n) is 16.9. The first-order valence-corrected chi connectivity index (χ1v) is 11.2. The number of halogens is 1. The summed E-state index contributed by atoms with van der Waals surface area (Å²) in [5, 5.41) is 3.59. The molecule has 0 radical (unpaired) electrons. The predicted molar refractivity (Wildman–Crippen MR) is 121 cm³/mol. The van der Waals surface area contributed by atoms with Gasteiger partial charge in [0, 0.05) is 4.70 Å². The van der Waals surface area contributed by atoms with E-state index in [0.29, 0.717) is 16.5 Å².